The SMILES string of the molecule is N[C@@H](Cc1ccc(O)c(O)c1)C(=O)OC1CCC1. The molecule has 1 aromatic rings. The van der Waals surface area contributed by atoms with Crippen molar-refractivity contribution in [2.45, 2.75) is 37.8 Å². The quantitative estimate of drug-likeness (QED) is 0.549. The molecule has 1 aromatic carbocycles. The molecular weight excluding hydrogens is 234 g/mol. The lowest BCUT2D eigenvalue weighted by Crippen LogP contribution is -2.38. The molecule has 4 N–H and O–H groups in total. The van der Waals surface area contributed by atoms with Crippen LogP contribution in [0.4, 0.5) is 0 Å². The highest BCUT2D eigenvalue weighted by Crippen LogP contribution is 2.26. The fourth-order valence-electron chi connectivity index (χ4n) is 1.77. The van der Waals surface area contributed by atoms with E-state index in [1.54, 1.807) is 6.07 Å². The molecule has 1 saturated carbocycles. The molecule has 98 valence electrons. The van der Waals surface area contributed by atoms with Crippen molar-refractivity contribution in [2.24, 2.45) is 5.73 Å². The van der Waals surface area contributed by atoms with E-state index in [4.69, 9.17) is 10.5 Å². The molecule has 1 aliphatic carbocycles. The van der Waals surface area contributed by atoms with Crippen LogP contribution >= 0.6 is 0 Å². The monoisotopic (exact) mass is 251 g/mol. The Hall–Kier alpha value is -1.75. The van der Waals surface area contributed by atoms with Gasteiger partial charge in [0.1, 0.15) is 12.1 Å². The van der Waals surface area contributed by atoms with Gasteiger partial charge >= 0.3 is 5.97 Å². The number of hydrogen-bond donors (Lipinski definition) is 3. The van der Waals surface area contributed by atoms with Crippen LogP contribution in [0.1, 0.15) is 24.8 Å². The fourth-order valence-corrected chi connectivity index (χ4v) is 1.77. The van der Waals surface area contributed by atoms with Gasteiger partial charge in [-0.05, 0) is 43.4 Å². The summed E-state index contributed by atoms with van der Waals surface area (Å²) in [6.45, 7) is 0. The van der Waals surface area contributed by atoms with E-state index < -0.39 is 12.0 Å². The second-order valence-corrected chi connectivity index (χ2v) is 4.62. The highest BCUT2D eigenvalue weighted by Gasteiger charge is 2.25. The second-order valence-electron chi connectivity index (χ2n) is 4.62. The lowest BCUT2D eigenvalue weighted by molar-refractivity contribution is -0.154. The Morgan fingerprint density at radius 3 is 2.67 bits per heavy atom. The summed E-state index contributed by atoms with van der Waals surface area (Å²) in [5.41, 5.74) is 6.43. The topological polar surface area (TPSA) is 92.8 Å². The standard InChI is InChI=1S/C13H17NO4/c14-10(13(17)18-9-2-1-3-9)6-8-4-5-11(15)12(16)7-8/h4-5,7,9-10,15-16H,1-3,6,14H2/t10-/m0/s1. The first-order valence-corrected chi connectivity index (χ1v) is 6.03. The van der Waals surface area contributed by atoms with Gasteiger partial charge in [0.05, 0.1) is 0 Å². The average Bonchev–Trinajstić information content (AvgIpc) is 2.28. The van der Waals surface area contributed by atoms with Crippen LogP contribution in [0, 0.1) is 0 Å². The largest absolute Gasteiger partial charge is 0.504 e. The molecule has 1 fully saturated rings. The van der Waals surface area contributed by atoms with Crippen molar-refractivity contribution in [3.63, 3.8) is 0 Å². The van der Waals surface area contributed by atoms with Crippen LogP contribution in [0.3, 0.4) is 0 Å². The van der Waals surface area contributed by atoms with Crippen molar-refractivity contribution >= 4 is 5.97 Å². The summed E-state index contributed by atoms with van der Waals surface area (Å²) in [6, 6.07) is 3.64. The second kappa shape index (κ2) is 5.27. The minimum Gasteiger partial charge on any atom is -0.504 e. The predicted octanol–water partition coefficient (Wildman–Crippen LogP) is 1.06. The van der Waals surface area contributed by atoms with Crippen LogP contribution in [-0.2, 0) is 16.0 Å². The number of aromatic hydroxyl groups is 2. The third-order valence-corrected chi connectivity index (χ3v) is 3.13. The molecular formula is C13H17NO4. The zero-order chi connectivity index (χ0) is 13.1. The van der Waals surface area contributed by atoms with E-state index in [1.807, 2.05) is 0 Å². The summed E-state index contributed by atoms with van der Waals surface area (Å²) in [5.74, 6) is -0.816. The van der Waals surface area contributed by atoms with E-state index in [0.29, 0.717) is 5.56 Å². The van der Waals surface area contributed by atoms with Gasteiger partial charge in [0.2, 0.25) is 0 Å². The molecule has 1 atom stereocenters. The number of phenols is 2. The Balaban J connectivity index is 1.90. The maximum Gasteiger partial charge on any atom is 0.323 e. The molecule has 0 heterocycles. The summed E-state index contributed by atoms with van der Waals surface area (Å²) in [6.07, 6.45) is 3.23. The van der Waals surface area contributed by atoms with Gasteiger partial charge in [-0.2, -0.15) is 0 Å². The number of carbonyl (C=O) groups is 1. The smallest absolute Gasteiger partial charge is 0.323 e. The zero-order valence-corrected chi connectivity index (χ0v) is 10.0. The van der Waals surface area contributed by atoms with Crippen LogP contribution in [-0.4, -0.2) is 28.3 Å². The van der Waals surface area contributed by atoms with Crippen molar-refractivity contribution in [1.29, 1.82) is 0 Å². The first-order valence-electron chi connectivity index (χ1n) is 6.03. The van der Waals surface area contributed by atoms with Gasteiger partial charge in [-0.1, -0.05) is 6.07 Å². The lowest BCUT2D eigenvalue weighted by Gasteiger charge is -2.26. The Bertz CT molecular complexity index is 443. The van der Waals surface area contributed by atoms with Crippen LogP contribution in [0.5, 0.6) is 11.5 Å². The average molecular weight is 251 g/mol. The third kappa shape index (κ3) is 2.92. The third-order valence-electron chi connectivity index (χ3n) is 3.13. The van der Waals surface area contributed by atoms with Crippen molar-refractivity contribution in [3.05, 3.63) is 23.8 Å². The minimum absolute atomic E-state index is 0.0248. The van der Waals surface area contributed by atoms with E-state index in [9.17, 15) is 15.0 Å². The molecule has 5 heteroatoms. The van der Waals surface area contributed by atoms with E-state index in [1.165, 1.54) is 12.1 Å². The van der Waals surface area contributed by atoms with E-state index in [-0.39, 0.29) is 24.0 Å². The molecule has 18 heavy (non-hydrogen) atoms. The van der Waals surface area contributed by atoms with Crippen molar-refractivity contribution in [3.8, 4) is 11.5 Å². The molecule has 1 aliphatic rings. The fraction of sp³-hybridized carbons (Fsp3) is 0.462. The summed E-state index contributed by atoms with van der Waals surface area (Å²) in [4.78, 5) is 11.6. The van der Waals surface area contributed by atoms with Gasteiger partial charge in [0.15, 0.2) is 11.5 Å². The van der Waals surface area contributed by atoms with Gasteiger partial charge in [-0.3, -0.25) is 4.79 Å². The first kappa shape index (κ1) is 12.7. The predicted molar refractivity (Wildman–Crippen MR) is 65.2 cm³/mol. The van der Waals surface area contributed by atoms with Crippen molar-refractivity contribution in [2.75, 3.05) is 0 Å². The molecule has 5 nitrogen and oxygen atoms in total. The molecule has 0 spiro atoms. The lowest BCUT2D eigenvalue weighted by atomic mass is 9.96. The molecule has 2 rings (SSSR count). The van der Waals surface area contributed by atoms with Gasteiger partial charge in [-0.15, -0.1) is 0 Å². The molecule has 0 saturated heterocycles. The maximum atomic E-state index is 11.6. The summed E-state index contributed by atoms with van der Waals surface area (Å²) in [7, 11) is 0. The number of phenolic OH excluding ortho intramolecular Hbond substituents is 2. The highest BCUT2D eigenvalue weighted by molar-refractivity contribution is 5.76. The number of hydrogen-bond acceptors (Lipinski definition) is 5. The summed E-state index contributed by atoms with van der Waals surface area (Å²) >= 11 is 0. The minimum atomic E-state index is -0.741. The van der Waals surface area contributed by atoms with E-state index in [0.717, 1.165) is 19.3 Å². The van der Waals surface area contributed by atoms with E-state index in [2.05, 4.69) is 0 Å². The number of benzene rings is 1. The summed E-state index contributed by atoms with van der Waals surface area (Å²) in [5, 5.41) is 18.5. The molecule has 0 bridgehead atoms. The van der Waals surface area contributed by atoms with Gasteiger partial charge in [-0.25, -0.2) is 0 Å². The number of nitrogens with two attached hydrogens (primary N) is 1. The molecule has 0 aromatic heterocycles. The van der Waals surface area contributed by atoms with Crippen LogP contribution in [0.15, 0.2) is 18.2 Å². The number of carbonyl (C=O) groups excluding carboxylic acids is 1. The Morgan fingerprint density at radius 2 is 2.11 bits per heavy atom. The number of esters is 1. The Labute approximate surface area is 105 Å². The summed E-state index contributed by atoms with van der Waals surface area (Å²) < 4.78 is 5.20. The molecule has 0 unspecified atom stereocenters. The number of ether oxygens (including phenoxy) is 1. The van der Waals surface area contributed by atoms with Gasteiger partial charge in [0, 0.05) is 0 Å². The van der Waals surface area contributed by atoms with Crippen LogP contribution < -0.4 is 5.73 Å². The van der Waals surface area contributed by atoms with Crippen LogP contribution in [0.25, 0.3) is 0 Å². The Morgan fingerprint density at radius 1 is 1.39 bits per heavy atom. The van der Waals surface area contributed by atoms with Crippen molar-refractivity contribution < 1.29 is 19.7 Å². The molecule has 0 radical (unpaired) electrons. The highest BCUT2D eigenvalue weighted by atomic mass is 16.5. The zero-order valence-electron chi connectivity index (χ0n) is 10.0. The maximum absolute atomic E-state index is 11.6. The van der Waals surface area contributed by atoms with Crippen LogP contribution in [0.2, 0.25) is 0 Å². The molecule has 0 aliphatic heterocycles. The van der Waals surface area contributed by atoms with Gasteiger partial charge < -0.3 is 20.7 Å². The number of rotatable bonds is 4. The van der Waals surface area contributed by atoms with Gasteiger partial charge in [0.25, 0.3) is 0 Å². The first-order chi connectivity index (χ1) is 8.56. The normalized spacial score (nSPS) is 16.9. The molecule has 0 amide bonds. The van der Waals surface area contributed by atoms with Crippen molar-refractivity contribution in [1.82, 2.24) is 0 Å². The van der Waals surface area contributed by atoms with E-state index >= 15 is 0 Å². The Kier molecular flexibility index (Phi) is 3.72.